The number of aromatic nitrogens is 16. The van der Waals surface area contributed by atoms with Gasteiger partial charge in [-0.1, -0.05) is 4.98 Å². The van der Waals surface area contributed by atoms with Gasteiger partial charge in [0.25, 0.3) is 22.6 Å². The van der Waals surface area contributed by atoms with Crippen LogP contribution in [-0.2, 0) is 96.6 Å². The number of phosphoric ester groups is 3. The monoisotopic (exact) mass is 1510 g/mol. The van der Waals surface area contributed by atoms with E-state index in [4.69, 9.17) is 85.6 Å². The van der Waals surface area contributed by atoms with Crippen LogP contribution in [0.25, 0.3) is 44.7 Å². The quantitative estimate of drug-likeness (QED) is 0.0187. The summed E-state index contributed by atoms with van der Waals surface area (Å²) >= 11 is 5.41. The van der Waals surface area contributed by atoms with Crippen LogP contribution in [0, 0.1) is 0 Å². The molecule has 0 saturated carbocycles. The molecule has 8 aromatic heterocycles. The molecule has 56 heteroatoms. The second-order valence-corrected chi connectivity index (χ2v) is 30.5. The van der Waals surface area contributed by atoms with Crippen molar-refractivity contribution < 1.29 is 132 Å². The summed E-state index contributed by atoms with van der Waals surface area (Å²) in [4.78, 5) is 132. The van der Waals surface area contributed by atoms with Crippen LogP contribution < -0.4 is 44.2 Å². The third-order valence-electron chi connectivity index (χ3n) is 15.2. The van der Waals surface area contributed by atoms with Gasteiger partial charge in [-0.25, -0.2) is 47.7 Å². The summed E-state index contributed by atoms with van der Waals surface area (Å²) < 4.78 is 129. The first kappa shape index (κ1) is 71.3. The molecule has 4 fully saturated rings. The minimum absolute atomic E-state index is 0.00778. The Morgan fingerprint density at radius 3 is 1.62 bits per heavy atom. The molecular formula is C42H56N20O30P5S+. The van der Waals surface area contributed by atoms with Crippen LogP contribution in [0.2, 0.25) is 0 Å². The first-order valence-electron chi connectivity index (χ1n) is 27.7. The number of nitrogens with two attached hydrogens (primary N) is 4. The Bertz CT molecular complexity index is 4830. The predicted molar refractivity (Wildman–Crippen MR) is 319 cm³/mol. The van der Waals surface area contributed by atoms with Gasteiger partial charge in [0.05, 0.1) is 52.5 Å². The minimum Gasteiger partial charge on any atom is -0.387 e. The van der Waals surface area contributed by atoms with Crippen molar-refractivity contribution in [3.63, 3.8) is 0 Å². The molecule has 0 bridgehead atoms. The lowest BCUT2D eigenvalue weighted by Gasteiger charge is -2.28. The van der Waals surface area contributed by atoms with Crippen molar-refractivity contribution in [3.05, 3.63) is 62.7 Å². The van der Waals surface area contributed by atoms with E-state index in [2.05, 4.69) is 63.4 Å². The molecule has 98 heavy (non-hydrogen) atoms. The lowest BCUT2D eigenvalue weighted by molar-refractivity contribution is -0.745. The molecule has 4 saturated heterocycles. The molecule has 8 aromatic rings. The Kier molecular flexibility index (Phi) is 19.5. The van der Waals surface area contributed by atoms with Gasteiger partial charge in [0.2, 0.25) is 23.6 Å². The van der Waals surface area contributed by atoms with Gasteiger partial charge in [0, 0.05) is 7.11 Å². The van der Waals surface area contributed by atoms with Crippen molar-refractivity contribution in [2.24, 2.45) is 7.05 Å². The molecule has 50 nitrogen and oxygen atoms in total. The fourth-order valence-corrected chi connectivity index (χ4v) is 16.9. The van der Waals surface area contributed by atoms with Crippen molar-refractivity contribution in [1.82, 2.24) is 73.1 Å². The fourth-order valence-electron chi connectivity index (χ4n) is 11.0. The lowest BCUT2D eigenvalue weighted by Crippen LogP contribution is -2.46. The van der Waals surface area contributed by atoms with Crippen LogP contribution in [0.1, 0.15) is 24.9 Å². The van der Waals surface area contributed by atoms with Crippen molar-refractivity contribution in [1.29, 1.82) is 0 Å². The number of H-pyrrole nitrogens is 3. The van der Waals surface area contributed by atoms with Gasteiger partial charge in [-0.2, -0.15) is 18.6 Å². The molecule has 21 N–H and O–H groups in total. The zero-order valence-corrected chi connectivity index (χ0v) is 54.6. The highest BCUT2D eigenvalue weighted by molar-refractivity contribution is 8.07. The molecule has 21 atom stereocenters. The number of hydrogen-bond acceptors (Lipinski definition) is 38. The van der Waals surface area contributed by atoms with Crippen LogP contribution in [0.5, 0.6) is 0 Å². The zero-order valence-electron chi connectivity index (χ0n) is 49.4. The van der Waals surface area contributed by atoms with Crippen molar-refractivity contribution >= 4 is 118 Å². The smallest absolute Gasteiger partial charge is 0.387 e. The number of rotatable bonds is 25. The zero-order chi connectivity index (χ0) is 70.6. The number of ether oxygens (including phenoxy) is 5. The maximum Gasteiger partial charge on any atom is 0.490 e. The van der Waals surface area contributed by atoms with E-state index in [0.29, 0.717) is 0 Å². The van der Waals surface area contributed by atoms with Crippen LogP contribution in [0.15, 0.2) is 46.0 Å². The van der Waals surface area contributed by atoms with Crippen LogP contribution in [-0.4, -0.2) is 230 Å². The van der Waals surface area contributed by atoms with E-state index in [0.717, 1.165) is 46.1 Å². The highest BCUT2D eigenvalue weighted by Crippen LogP contribution is 2.68. The largest absolute Gasteiger partial charge is 0.490 e. The number of aliphatic hydroxyl groups excluding tert-OH is 5. The Balaban J connectivity index is 0.740. The molecule has 0 radical (unpaired) electrons. The number of hydrogen-bond donors (Lipinski definition) is 17. The average molecular weight is 1510 g/mol. The third-order valence-corrected chi connectivity index (χ3v) is 22.0. The minimum atomic E-state index is -6.29. The predicted octanol–water partition coefficient (Wildman–Crippen LogP) is -6.12. The summed E-state index contributed by atoms with van der Waals surface area (Å²) in [5.41, 5.74) is 19.7. The van der Waals surface area contributed by atoms with Gasteiger partial charge in [0.1, 0.15) is 85.1 Å². The second-order valence-electron chi connectivity index (χ2n) is 21.6. The number of imidazole rings is 4. The second kappa shape index (κ2) is 26.8. The number of aromatic amines is 3. The van der Waals surface area contributed by atoms with Crippen molar-refractivity contribution in [3.8, 4) is 0 Å². The number of nitrogens with zero attached hydrogens (tertiary/aromatic N) is 13. The van der Waals surface area contributed by atoms with Gasteiger partial charge in [-0.3, -0.25) is 70.2 Å². The molecule has 21 unspecified atom stereocenters. The summed E-state index contributed by atoms with van der Waals surface area (Å²) in [5.74, 6) is -1.23. The average Bonchev–Trinajstić information content (AvgIpc) is 1.62. The molecule has 534 valence electrons. The summed E-state index contributed by atoms with van der Waals surface area (Å²) in [6.45, 7) is -9.58. The number of aryl methyl sites for hydroxylation is 1. The number of nitrogens with one attached hydrogen (secondary N) is 3. The lowest BCUT2D eigenvalue weighted by atomic mass is 10.1. The normalized spacial score (nSPS) is 30.7. The molecule has 0 spiro atoms. The maximum absolute atomic E-state index is 13.9. The van der Waals surface area contributed by atoms with E-state index < -0.39 is 185 Å². The van der Waals surface area contributed by atoms with E-state index in [9.17, 15) is 82.6 Å². The number of anilines is 4. The van der Waals surface area contributed by atoms with Crippen LogP contribution in [0.3, 0.4) is 0 Å². The highest BCUT2D eigenvalue weighted by atomic mass is 32.5. The molecule has 0 aliphatic carbocycles. The summed E-state index contributed by atoms with van der Waals surface area (Å²) in [6.07, 6.45) is -23.2. The van der Waals surface area contributed by atoms with Gasteiger partial charge in [-0.15, -0.1) is 0 Å². The standard InChI is InChI=1S/C42H55N20O30P5S/c1-58-11-62(32-19(58)35(70)57-42(46)54-32)37-23(66)21(64)13(86-37)4-82-94(73,74)91-96(77,78)92-95(75,76)83-5-15-26(27(80-2)39(88-15)59-8-49-16-28(43)47-7-48-29(16)59)90-97(79,98)84-6-14-25(24(67)38(87-14)61-10-51-18-31(61)53-41(45)56-34(18)69)89-93(71,72)81-3-12-20(63)22(65)36(85-12)60-9-50-17-30(60)52-40(44)55-33(17)68/h7-15,20-27,36-39,63-67H,3-6H2,1-2H3,(H15-,43,44,45,46,47,48,52,53,54,55,56,57,68,69,70,71,72,73,74,75,76,77,78,79,98)/p+1. The molecule has 4 aliphatic heterocycles. The number of aliphatic hydroxyl groups is 5. The Hall–Kier alpha value is -6.55. The summed E-state index contributed by atoms with van der Waals surface area (Å²) in [7, 11) is -21.3. The molecule has 0 aromatic carbocycles. The molecule has 4 aliphatic rings. The van der Waals surface area contributed by atoms with E-state index in [-0.39, 0.29) is 62.4 Å². The highest BCUT2D eigenvalue weighted by Gasteiger charge is 2.55. The molecule has 0 amide bonds. The Morgan fingerprint density at radius 2 is 1.02 bits per heavy atom. The molecule has 12 rings (SSSR count). The maximum atomic E-state index is 13.9. The number of nitrogen functional groups attached to an aromatic ring is 4. The Morgan fingerprint density at radius 1 is 0.541 bits per heavy atom. The van der Waals surface area contributed by atoms with E-state index in [1.54, 1.807) is 0 Å². The molecule has 12 heterocycles. The van der Waals surface area contributed by atoms with E-state index in [1.165, 1.54) is 22.5 Å². The van der Waals surface area contributed by atoms with Gasteiger partial charge in [0.15, 0.2) is 58.8 Å². The Labute approximate surface area is 546 Å². The fraction of sp³-hybridized carbons (Fsp3) is 0.524. The first-order valence-corrected chi connectivity index (χ1v) is 36.3. The van der Waals surface area contributed by atoms with Crippen molar-refractivity contribution in [2.45, 2.75) is 98.2 Å². The SMILES string of the molecule is COC1C(OP(O)(=S)OCC2OC(n3cnc4c(=O)[nH]c(N)nc43)C(O)C2OP(=O)(O)OCC2OC(n3cnc4c(=O)[nH]c(N)nc43)C(O)C2O)C(COP(=O)(O)OP(=O)(O)OP(=O)(O)OCC2OC([n+]3cn(C)c4c(=O)[nH]c(N)nc43)C(O)C2O)OC1n1cnc2c(N)ncnc21. The molecular weight excluding hydrogens is 1450 g/mol. The van der Waals surface area contributed by atoms with Crippen LogP contribution >= 0.6 is 38.0 Å². The van der Waals surface area contributed by atoms with Gasteiger partial charge in [-0.05, 0) is 11.8 Å². The summed E-state index contributed by atoms with van der Waals surface area (Å²) in [6, 6.07) is 0. The van der Waals surface area contributed by atoms with Crippen LogP contribution in [0.4, 0.5) is 23.7 Å². The van der Waals surface area contributed by atoms with Crippen molar-refractivity contribution in [2.75, 3.05) is 56.5 Å². The summed E-state index contributed by atoms with van der Waals surface area (Å²) in [5, 5.41) is 55.5. The number of fused-ring (bicyclic) bond motifs is 4. The van der Waals surface area contributed by atoms with Gasteiger partial charge >= 0.3 is 43.7 Å². The van der Waals surface area contributed by atoms with Gasteiger partial charge < -0.3 is 101 Å². The first-order chi connectivity index (χ1) is 46.0. The number of methoxy groups -OCH3 is 1. The third kappa shape index (κ3) is 14.1. The van der Waals surface area contributed by atoms with E-state index in [1.807, 2.05) is 0 Å². The topological polar surface area (TPSA) is 720 Å². The van der Waals surface area contributed by atoms with E-state index >= 15 is 0 Å². The number of phosphoric acid groups is 4.